The Hall–Kier alpha value is -4.77. The predicted octanol–water partition coefficient (Wildman–Crippen LogP) is 7.34. The Labute approximate surface area is 241 Å². The van der Waals surface area contributed by atoms with Crippen LogP contribution in [-0.4, -0.2) is 52.6 Å². The van der Waals surface area contributed by atoms with Crippen molar-refractivity contribution >= 4 is 76.8 Å². The summed E-state index contributed by atoms with van der Waals surface area (Å²) in [6, 6.07) is 26.0. The summed E-state index contributed by atoms with van der Waals surface area (Å²) in [5.74, 6) is 0. The molecule has 0 saturated carbocycles. The van der Waals surface area contributed by atoms with Crippen LogP contribution < -0.4 is 9.80 Å². The third-order valence-corrected chi connectivity index (χ3v) is 8.93. The molecule has 0 amide bonds. The predicted molar refractivity (Wildman–Crippen MR) is 167 cm³/mol. The van der Waals surface area contributed by atoms with E-state index in [2.05, 4.69) is 76.5 Å². The van der Waals surface area contributed by atoms with Crippen LogP contribution in [0.1, 0.15) is 5.56 Å². The lowest BCUT2D eigenvalue weighted by molar-refractivity contribution is 0.122. The maximum atomic E-state index is 10.1. The lowest BCUT2D eigenvalue weighted by Gasteiger charge is -2.29. The fourth-order valence-electron chi connectivity index (χ4n) is 6.79. The number of rotatable bonds is 2. The summed E-state index contributed by atoms with van der Waals surface area (Å²) in [4.78, 5) is 4.72. The lowest BCUT2D eigenvalue weighted by Crippen LogP contribution is -2.36. The largest absolute Gasteiger partial charge is 0.456 e. The van der Waals surface area contributed by atoms with Crippen LogP contribution >= 0.6 is 0 Å². The molecule has 0 bridgehead atoms. The summed E-state index contributed by atoms with van der Waals surface area (Å²) in [6.07, 6.45) is 0. The summed E-state index contributed by atoms with van der Waals surface area (Å²) < 4.78 is 24.0. The summed E-state index contributed by atoms with van der Waals surface area (Å²) >= 11 is 0. The highest BCUT2D eigenvalue weighted by Gasteiger charge is 2.22. The Morgan fingerprint density at radius 1 is 0.548 bits per heavy atom. The fourth-order valence-corrected chi connectivity index (χ4v) is 6.79. The van der Waals surface area contributed by atoms with Gasteiger partial charge in [-0.15, -0.1) is 0 Å². The van der Waals surface area contributed by atoms with Crippen LogP contribution in [-0.2, 0) is 9.47 Å². The number of anilines is 2. The molecule has 7 heteroatoms. The summed E-state index contributed by atoms with van der Waals surface area (Å²) in [7, 11) is 0. The first-order valence-electron chi connectivity index (χ1n) is 14.5. The lowest BCUT2D eigenvalue weighted by atomic mass is 9.99. The molecular formula is C35H27N3O4. The van der Waals surface area contributed by atoms with Gasteiger partial charge in [0.2, 0.25) is 0 Å². The van der Waals surface area contributed by atoms with Gasteiger partial charge in [-0.1, -0.05) is 12.1 Å². The number of benzene rings is 5. The molecule has 0 radical (unpaired) electrons. The highest BCUT2D eigenvalue weighted by atomic mass is 16.5. The van der Waals surface area contributed by atoms with Crippen LogP contribution in [0, 0.1) is 11.3 Å². The molecule has 0 atom stereocenters. The fraction of sp³-hybridized carbons (Fsp3) is 0.229. The molecule has 206 valence electrons. The zero-order valence-corrected chi connectivity index (χ0v) is 23.0. The molecule has 0 aliphatic carbocycles. The van der Waals surface area contributed by atoms with Crippen LogP contribution in [0.3, 0.4) is 0 Å². The van der Waals surface area contributed by atoms with Gasteiger partial charge in [0.05, 0.1) is 32.0 Å². The number of hydrogen-bond donors (Lipinski definition) is 0. The van der Waals surface area contributed by atoms with E-state index in [9.17, 15) is 5.26 Å². The molecule has 2 saturated heterocycles. The highest BCUT2D eigenvalue weighted by molar-refractivity contribution is 6.28. The van der Waals surface area contributed by atoms with Crippen LogP contribution in [0.4, 0.5) is 11.4 Å². The quantitative estimate of drug-likeness (QED) is 0.222. The summed E-state index contributed by atoms with van der Waals surface area (Å²) in [5.41, 5.74) is 5.73. The van der Waals surface area contributed by atoms with Crippen LogP contribution in [0.5, 0.6) is 0 Å². The number of ether oxygens (including phenoxy) is 2. The number of fused-ring (bicyclic) bond motifs is 9. The van der Waals surface area contributed by atoms with Gasteiger partial charge in [0.1, 0.15) is 22.8 Å². The molecule has 9 rings (SSSR count). The van der Waals surface area contributed by atoms with Gasteiger partial charge in [-0.25, -0.2) is 0 Å². The Kier molecular flexibility index (Phi) is 5.19. The highest BCUT2D eigenvalue weighted by Crippen LogP contribution is 2.44. The van der Waals surface area contributed by atoms with Crippen LogP contribution in [0.25, 0.3) is 65.4 Å². The van der Waals surface area contributed by atoms with Gasteiger partial charge in [-0.3, -0.25) is 0 Å². The molecule has 2 fully saturated rings. The Morgan fingerprint density at radius 2 is 1.10 bits per heavy atom. The Morgan fingerprint density at radius 3 is 1.67 bits per heavy atom. The van der Waals surface area contributed by atoms with Crippen LogP contribution in [0.15, 0.2) is 75.6 Å². The second-order valence-corrected chi connectivity index (χ2v) is 11.3. The van der Waals surface area contributed by atoms with Gasteiger partial charge in [0.25, 0.3) is 0 Å². The number of furan rings is 2. The van der Waals surface area contributed by atoms with E-state index in [4.69, 9.17) is 18.3 Å². The minimum Gasteiger partial charge on any atom is -0.456 e. The van der Waals surface area contributed by atoms with E-state index in [0.717, 1.165) is 107 Å². The summed E-state index contributed by atoms with van der Waals surface area (Å²) in [5, 5.41) is 18.5. The van der Waals surface area contributed by atoms with Crippen molar-refractivity contribution < 1.29 is 18.3 Å². The first-order chi connectivity index (χ1) is 20.7. The Balaban J connectivity index is 1.26. The van der Waals surface area contributed by atoms with E-state index in [1.807, 2.05) is 6.07 Å². The first kappa shape index (κ1) is 23.9. The summed E-state index contributed by atoms with van der Waals surface area (Å²) in [6.45, 7) is 6.56. The van der Waals surface area contributed by atoms with E-state index in [0.29, 0.717) is 16.7 Å². The van der Waals surface area contributed by atoms with Crippen molar-refractivity contribution in [3.05, 3.63) is 72.3 Å². The van der Waals surface area contributed by atoms with Crippen molar-refractivity contribution in [2.75, 3.05) is 62.4 Å². The molecule has 42 heavy (non-hydrogen) atoms. The average Bonchev–Trinajstić information content (AvgIpc) is 3.59. The smallest absolute Gasteiger partial charge is 0.154 e. The second kappa shape index (κ2) is 9.12. The van der Waals surface area contributed by atoms with Crippen LogP contribution in [0.2, 0.25) is 0 Å². The molecule has 0 N–H and O–H groups in total. The molecule has 7 nitrogen and oxygen atoms in total. The third kappa shape index (κ3) is 3.59. The topological polar surface area (TPSA) is 75.0 Å². The minimum atomic E-state index is 0.477. The maximum absolute atomic E-state index is 10.1. The van der Waals surface area contributed by atoms with Crippen molar-refractivity contribution in [1.29, 1.82) is 5.26 Å². The first-order valence-corrected chi connectivity index (χ1v) is 14.5. The molecule has 2 aliphatic rings. The van der Waals surface area contributed by atoms with Crippen molar-refractivity contribution in [2.45, 2.75) is 0 Å². The van der Waals surface area contributed by atoms with Crippen molar-refractivity contribution in [3.8, 4) is 6.07 Å². The van der Waals surface area contributed by atoms with Gasteiger partial charge in [0.15, 0.2) is 5.58 Å². The zero-order chi connectivity index (χ0) is 27.8. The molecule has 5 aromatic carbocycles. The van der Waals surface area contributed by atoms with E-state index in [1.54, 1.807) is 0 Å². The number of nitriles is 1. The van der Waals surface area contributed by atoms with Gasteiger partial charge >= 0.3 is 0 Å². The number of nitrogens with zero attached hydrogens (tertiary/aromatic N) is 3. The normalized spacial score (nSPS) is 16.5. The number of morpholine rings is 2. The second-order valence-electron chi connectivity index (χ2n) is 11.3. The van der Waals surface area contributed by atoms with Gasteiger partial charge in [0, 0.05) is 65.2 Å². The van der Waals surface area contributed by atoms with E-state index < -0.39 is 0 Å². The third-order valence-electron chi connectivity index (χ3n) is 8.93. The van der Waals surface area contributed by atoms with Gasteiger partial charge in [-0.05, 0) is 70.1 Å². The Bertz CT molecular complexity index is 2240. The molecule has 4 heterocycles. The molecule has 2 aliphatic heterocycles. The monoisotopic (exact) mass is 553 g/mol. The van der Waals surface area contributed by atoms with E-state index >= 15 is 0 Å². The van der Waals surface area contributed by atoms with Gasteiger partial charge in [-0.2, -0.15) is 5.26 Å². The maximum Gasteiger partial charge on any atom is 0.154 e. The SMILES string of the molecule is N#Cc1cc2oc3cc4cc(N5CCOCC5)ccc4cc3c2c2c1oc1cc3cc(N4CCOCC4)ccc3cc12. The molecule has 0 spiro atoms. The minimum absolute atomic E-state index is 0.477. The standard InChI is InChI=1S/C35H27N3O4/c36-20-25-19-32-33(28-15-21-1-3-26(37-5-9-39-10-6-37)13-23(21)17-30(28)41-32)34-29-16-22-2-4-27(38-7-11-40-12-8-38)14-24(22)18-31(29)42-35(25)34/h1-4,13-19H,5-12H2. The van der Waals surface area contributed by atoms with E-state index in [1.165, 1.54) is 11.4 Å². The van der Waals surface area contributed by atoms with Gasteiger partial charge < -0.3 is 28.1 Å². The molecule has 7 aromatic rings. The number of hydrogen-bond acceptors (Lipinski definition) is 7. The zero-order valence-electron chi connectivity index (χ0n) is 23.0. The van der Waals surface area contributed by atoms with E-state index in [-0.39, 0.29) is 0 Å². The van der Waals surface area contributed by atoms with Crippen molar-refractivity contribution in [1.82, 2.24) is 0 Å². The van der Waals surface area contributed by atoms with Crippen molar-refractivity contribution in [3.63, 3.8) is 0 Å². The van der Waals surface area contributed by atoms with Crippen molar-refractivity contribution in [2.24, 2.45) is 0 Å². The average molecular weight is 554 g/mol. The molecule has 2 aromatic heterocycles. The molecule has 0 unspecified atom stereocenters. The molecular weight excluding hydrogens is 526 g/mol.